The molecule has 1 N–H and O–H groups in total. The average Bonchev–Trinajstić information content (AvgIpc) is 2.78. The van der Waals surface area contributed by atoms with Gasteiger partial charge in [0.2, 0.25) is 0 Å². The van der Waals surface area contributed by atoms with Crippen LogP contribution in [0.25, 0.3) is 0 Å². The van der Waals surface area contributed by atoms with Crippen molar-refractivity contribution in [1.82, 2.24) is 5.32 Å². The molecule has 1 atom stereocenters. The van der Waals surface area contributed by atoms with Gasteiger partial charge in [-0.25, -0.2) is 8.42 Å². The van der Waals surface area contributed by atoms with Gasteiger partial charge < -0.3 is 14.8 Å². The molecule has 0 saturated heterocycles. The molecule has 1 amide bonds. The van der Waals surface area contributed by atoms with Crippen LogP contribution in [0.5, 0.6) is 11.5 Å². The summed E-state index contributed by atoms with van der Waals surface area (Å²) in [7, 11) is -2.37. The summed E-state index contributed by atoms with van der Waals surface area (Å²) in [4.78, 5) is 13.1. The Morgan fingerprint density at radius 2 is 1.81 bits per heavy atom. The van der Waals surface area contributed by atoms with E-state index in [-0.39, 0.29) is 23.4 Å². The highest BCUT2D eigenvalue weighted by Crippen LogP contribution is 2.38. The van der Waals surface area contributed by atoms with E-state index in [9.17, 15) is 13.2 Å². The third-order valence-electron chi connectivity index (χ3n) is 5.88. The highest BCUT2D eigenvalue weighted by atomic mass is 32.2. The number of ether oxygens (including phenoxy) is 2. The zero-order chi connectivity index (χ0) is 22.0. The maximum atomic E-state index is 13.5. The normalized spacial score (nSPS) is 19.3. The first-order valence-electron chi connectivity index (χ1n) is 10.6. The van der Waals surface area contributed by atoms with Crippen molar-refractivity contribution in [2.45, 2.75) is 56.1 Å². The van der Waals surface area contributed by atoms with Crippen molar-refractivity contribution in [3.63, 3.8) is 0 Å². The van der Waals surface area contributed by atoms with Crippen molar-refractivity contribution in [1.29, 1.82) is 0 Å². The molecule has 0 aromatic heterocycles. The lowest BCUT2D eigenvalue weighted by atomic mass is 9.95. The first-order valence-corrected chi connectivity index (χ1v) is 12.1. The highest BCUT2D eigenvalue weighted by Gasteiger charge is 2.38. The number of fused-ring (bicyclic) bond motifs is 1. The number of amides is 1. The van der Waals surface area contributed by atoms with E-state index in [4.69, 9.17) is 9.47 Å². The number of hydrogen-bond donors (Lipinski definition) is 1. The molecule has 0 spiro atoms. The Kier molecular flexibility index (Phi) is 6.09. The van der Waals surface area contributed by atoms with Crippen LogP contribution < -0.4 is 19.1 Å². The zero-order valence-corrected chi connectivity index (χ0v) is 18.7. The van der Waals surface area contributed by atoms with Crippen LogP contribution in [-0.2, 0) is 14.8 Å². The van der Waals surface area contributed by atoms with Crippen LogP contribution in [0.15, 0.2) is 47.4 Å². The van der Waals surface area contributed by atoms with Gasteiger partial charge in [0.25, 0.3) is 15.9 Å². The SMILES string of the molecule is COc1ccc(S(=O)(=O)N2C[C@H](C(=O)NC3CCCCC3)Oc3cc(C)ccc32)cc1. The molecule has 4 rings (SSSR count). The number of benzene rings is 2. The molecule has 1 saturated carbocycles. The number of anilines is 1. The molecule has 2 aliphatic rings. The molecule has 0 radical (unpaired) electrons. The van der Waals surface area contributed by atoms with Gasteiger partial charge in [0, 0.05) is 6.04 Å². The third kappa shape index (κ3) is 4.49. The summed E-state index contributed by atoms with van der Waals surface area (Å²) in [6.45, 7) is 1.82. The fourth-order valence-electron chi connectivity index (χ4n) is 4.14. The molecule has 0 bridgehead atoms. The Morgan fingerprint density at radius 3 is 2.48 bits per heavy atom. The van der Waals surface area contributed by atoms with E-state index in [1.807, 2.05) is 13.0 Å². The molecule has 2 aromatic carbocycles. The second kappa shape index (κ2) is 8.78. The topological polar surface area (TPSA) is 84.9 Å². The summed E-state index contributed by atoms with van der Waals surface area (Å²) >= 11 is 0. The van der Waals surface area contributed by atoms with Gasteiger partial charge >= 0.3 is 0 Å². The maximum absolute atomic E-state index is 13.5. The van der Waals surface area contributed by atoms with Crippen LogP contribution in [0.3, 0.4) is 0 Å². The first kappa shape index (κ1) is 21.5. The number of hydrogen-bond acceptors (Lipinski definition) is 5. The lowest BCUT2D eigenvalue weighted by Gasteiger charge is -2.35. The largest absolute Gasteiger partial charge is 0.497 e. The quantitative estimate of drug-likeness (QED) is 0.764. The van der Waals surface area contributed by atoms with Crippen molar-refractivity contribution in [3.05, 3.63) is 48.0 Å². The van der Waals surface area contributed by atoms with Crippen molar-refractivity contribution in [3.8, 4) is 11.5 Å². The van der Waals surface area contributed by atoms with Crippen LogP contribution in [0.2, 0.25) is 0 Å². The van der Waals surface area contributed by atoms with Crippen LogP contribution in [0, 0.1) is 6.92 Å². The molecular formula is C23H28N2O5S. The van der Waals surface area contributed by atoms with E-state index >= 15 is 0 Å². The molecular weight excluding hydrogens is 416 g/mol. The number of aryl methyl sites for hydroxylation is 1. The van der Waals surface area contributed by atoms with E-state index in [1.165, 1.54) is 30.0 Å². The Bertz CT molecular complexity index is 1050. The Hall–Kier alpha value is -2.74. The van der Waals surface area contributed by atoms with Crippen molar-refractivity contribution < 1.29 is 22.7 Å². The summed E-state index contributed by atoms with van der Waals surface area (Å²) in [5.74, 6) is 0.697. The van der Waals surface area contributed by atoms with Gasteiger partial charge in [-0.3, -0.25) is 9.10 Å². The fraction of sp³-hybridized carbons (Fsp3) is 0.435. The molecule has 2 aromatic rings. The van der Waals surface area contributed by atoms with Gasteiger partial charge in [-0.1, -0.05) is 25.3 Å². The molecule has 8 heteroatoms. The number of nitrogens with zero attached hydrogens (tertiary/aromatic N) is 1. The molecule has 1 aliphatic carbocycles. The summed E-state index contributed by atoms with van der Waals surface area (Å²) in [6.07, 6.45) is 4.35. The molecule has 1 aliphatic heterocycles. The molecule has 7 nitrogen and oxygen atoms in total. The molecule has 0 unspecified atom stereocenters. The van der Waals surface area contributed by atoms with Gasteiger partial charge in [-0.2, -0.15) is 0 Å². The zero-order valence-electron chi connectivity index (χ0n) is 17.8. The summed E-state index contributed by atoms with van der Waals surface area (Å²) in [6, 6.07) is 11.7. The second-order valence-corrected chi connectivity index (χ2v) is 10.00. The minimum atomic E-state index is -3.90. The van der Waals surface area contributed by atoms with Crippen LogP contribution >= 0.6 is 0 Å². The molecule has 166 valence electrons. The van der Waals surface area contributed by atoms with E-state index in [0.717, 1.165) is 31.2 Å². The lowest BCUT2D eigenvalue weighted by Crippen LogP contribution is -2.52. The van der Waals surface area contributed by atoms with Crippen molar-refractivity contribution in [2.24, 2.45) is 0 Å². The number of methoxy groups -OCH3 is 1. The molecule has 1 fully saturated rings. The smallest absolute Gasteiger partial charge is 0.264 e. The van der Waals surface area contributed by atoms with E-state index in [1.54, 1.807) is 24.3 Å². The number of sulfonamides is 1. The third-order valence-corrected chi connectivity index (χ3v) is 7.67. The van der Waals surface area contributed by atoms with Crippen molar-refractivity contribution >= 4 is 21.6 Å². The minimum absolute atomic E-state index is 0.0804. The van der Waals surface area contributed by atoms with Crippen LogP contribution in [0.1, 0.15) is 37.7 Å². The Labute approximate surface area is 183 Å². The average molecular weight is 445 g/mol. The standard InChI is InChI=1S/C23H28N2O5S/c1-16-8-13-20-21(14-16)30-22(23(26)24-17-6-4-3-5-7-17)15-25(20)31(27,28)19-11-9-18(29-2)10-12-19/h8-14,17,22H,3-7,15H2,1-2H3,(H,24,26)/t22-/m1/s1. The highest BCUT2D eigenvalue weighted by molar-refractivity contribution is 7.92. The monoisotopic (exact) mass is 444 g/mol. The van der Waals surface area contributed by atoms with E-state index < -0.39 is 16.1 Å². The minimum Gasteiger partial charge on any atom is -0.497 e. The predicted molar refractivity (Wildman–Crippen MR) is 118 cm³/mol. The van der Waals surface area contributed by atoms with E-state index in [2.05, 4.69) is 5.32 Å². The lowest BCUT2D eigenvalue weighted by molar-refractivity contribution is -0.128. The summed E-state index contributed by atoms with van der Waals surface area (Å²) in [5, 5.41) is 3.06. The fourth-order valence-corrected chi connectivity index (χ4v) is 5.62. The number of carbonyl (C=O) groups excluding carboxylic acids is 1. The summed E-state index contributed by atoms with van der Waals surface area (Å²) in [5.41, 5.74) is 1.36. The van der Waals surface area contributed by atoms with Gasteiger partial charge in [0.15, 0.2) is 6.10 Å². The summed E-state index contributed by atoms with van der Waals surface area (Å²) < 4.78 is 39.4. The number of nitrogens with one attached hydrogen (secondary N) is 1. The predicted octanol–water partition coefficient (Wildman–Crippen LogP) is 3.41. The number of carbonyl (C=O) groups is 1. The van der Waals surface area contributed by atoms with Crippen molar-refractivity contribution in [2.75, 3.05) is 18.0 Å². The Balaban J connectivity index is 1.64. The second-order valence-electron chi connectivity index (χ2n) is 8.13. The van der Waals surface area contributed by atoms with Crippen LogP contribution in [0.4, 0.5) is 5.69 Å². The van der Waals surface area contributed by atoms with E-state index in [0.29, 0.717) is 17.2 Å². The van der Waals surface area contributed by atoms with Gasteiger partial charge in [0.05, 0.1) is 24.2 Å². The maximum Gasteiger partial charge on any atom is 0.264 e. The van der Waals surface area contributed by atoms with Gasteiger partial charge in [0.1, 0.15) is 11.5 Å². The van der Waals surface area contributed by atoms with Gasteiger partial charge in [-0.05, 0) is 61.7 Å². The molecule has 31 heavy (non-hydrogen) atoms. The number of rotatable bonds is 5. The first-order chi connectivity index (χ1) is 14.9. The molecule has 1 heterocycles. The Morgan fingerprint density at radius 1 is 1.10 bits per heavy atom. The van der Waals surface area contributed by atoms with Gasteiger partial charge in [-0.15, -0.1) is 0 Å². The van der Waals surface area contributed by atoms with Crippen LogP contribution in [-0.4, -0.2) is 40.1 Å².